The maximum absolute atomic E-state index is 12.7. The predicted octanol–water partition coefficient (Wildman–Crippen LogP) is 3.23. The maximum Gasteiger partial charge on any atom is 0.418 e. The number of hydrogen-bond donors (Lipinski definition) is 2. The Hall–Kier alpha value is -1.72. The van der Waals surface area contributed by atoms with Crippen molar-refractivity contribution in [2.45, 2.75) is 20.0 Å². The van der Waals surface area contributed by atoms with Gasteiger partial charge in [-0.25, -0.2) is 0 Å². The van der Waals surface area contributed by atoms with E-state index < -0.39 is 23.1 Å². The third-order valence-corrected chi connectivity index (χ3v) is 2.53. The maximum atomic E-state index is 12.7. The van der Waals surface area contributed by atoms with Crippen molar-refractivity contribution in [3.05, 3.63) is 29.8 Å². The van der Waals surface area contributed by atoms with Crippen LogP contribution in [0.4, 0.5) is 18.9 Å². The van der Waals surface area contributed by atoms with Crippen LogP contribution in [0.15, 0.2) is 24.3 Å². The summed E-state index contributed by atoms with van der Waals surface area (Å²) in [5.74, 6) is -1.07. The second-order valence-electron chi connectivity index (χ2n) is 4.59. The molecule has 0 amide bonds. The number of anilines is 1. The Balaban J connectivity index is 2.90. The summed E-state index contributed by atoms with van der Waals surface area (Å²) in [6.07, 6.45) is -4.46. The summed E-state index contributed by atoms with van der Waals surface area (Å²) in [6, 6.07) is 4.98. The number of hydrogen-bond acceptors (Lipinski definition) is 2. The number of para-hydroxylation sites is 1. The van der Waals surface area contributed by atoms with Crippen molar-refractivity contribution in [1.82, 2.24) is 0 Å². The van der Waals surface area contributed by atoms with Gasteiger partial charge in [-0.2, -0.15) is 13.2 Å². The molecule has 1 aromatic rings. The van der Waals surface area contributed by atoms with Gasteiger partial charge in [0.25, 0.3) is 0 Å². The zero-order valence-electron chi connectivity index (χ0n) is 10.0. The largest absolute Gasteiger partial charge is 0.481 e. The smallest absolute Gasteiger partial charge is 0.418 e. The molecular formula is C12H14F3NO2. The Kier molecular flexibility index (Phi) is 3.88. The zero-order chi connectivity index (χ0) is 14.0. The minimum absolute atomic E-state index is 0.0879. The number of carboxylic acids is 1. The SMILES string of the molecule is CC(C)(CNc1ccccc1C(F)(F)F)C(=O)O. The van der Waals surface area contributed by atoms with Crippen molar-refractivity contribution in [3.63, 3.8) is 0 Å². The van der Waals surface area contributed by atoms with Crippen molar-refractivity contribution in [1.29, 1.82) is 0 Å². The summed E-state index contributed by atoms with van der Waals surface area (Å²) in [6.45, 7) is 2.80. The van der Waals surface area contributed by atoms with Gasteiger partial charge in [0.15, 0.2) is 0 Å². The number of halogens is 3. The lowest BCUT2D eigenvalue weighted by Crippen LogP contribution is -2.32. The van der Waals surface area contributed by atoms with Crippen LogP contribution in [0.25, 0.3) is 0 Å². The molecule has 0 unspecified atom stereocenters. The monoisotopic (exact) mass is 261 g/mol. The molecule has 2 N–H and O–H groups in total. The summed E-state index contributed by atoms with van der Waals surface area (Å²) in [4.78, 5) is 10.9. The van der Waals surface area contributed by atoms with Crippen LogP contribution in [-0.2, 0) is 11.0 Å². The highest BCUT2D eigenvalue weighted by Crippen LogP contribution is 2.34. The second-order valence-corrected chi connectivity index (χ2v) is 4.59. The summed E-state index contributed by atoms with van der Waals surface area (Å²) < 4.78 is 38.0. The van der Waals surface area contributed by atoms with Gasteiger partial charge in [0.2, 0.25) is 0 Å². The van der Waals surface area contributed by atoms with Crippen LogP contribution in [0, 0.1) is 5.41 Å². The minimum atomic E-state index is -4.46. The molecule has 0 radical (unpaired) electrons. The van der Waals surface area contributed by atoms with E-state index >= 15 is 0 Å². The molecular weight excluding hydrogens is 247 g/mol. The predicted molar refractivity (Wildman–Crippen MR) is 61.4 cm³/mol. The van der Waals surface area contributed by atoms with Gasteiger partial charge in [-0.05, 0) is 26.0 Å². The molecule has 1 rings (SSSR count). The van der Waals surface area contributed by atoms with Crippen molar-refractivity contribution in [2.75, 3.05) is 11.9 Å². The Morgan fingerprint density at radius 1 is 1.28 bits per heavy atom. The first-order valence-corrected chi connectivity index (χ1v) is 5.28. The molecule has 0 bridgehead atoms. The number of carboxylic acid groups (broad SMARTS) is 1. The zero-order valence-corrected chi connectivity index (χ0v) is 10.0. The molecule has 0 aliphatic rings. The van der Waals surface area contributed by atoms with Crippen LogP contribution in [-0.4, -0.2) is 17.6 Å². The van der Waals surface area contributed by atoms with E-state index in [1.165, 1.54) is 32.0 Å². The van der Waals surface area contributed by atoms with E-state index in [9.17, 15) is 18.0 Å². The fraction of sp³-hybridized carbons (Fsp3) is 0.417. The van der Waals surface area contributed by atoms with Gasteiger partial charge in [0.05, 0.1) is 11.0 Å². The molecule has 0 aliphatic carbocycles. The Bertz CT molecular complexity index is 441. The number of nitrogens with one attached hydrogen (secondary N) is 1. The number of benzene rings is 1. The van der Waals surface area contributed by atoms with Crippen LogP contribution < -0.4 is 5.32 Å². The van der Waals surface area contributed by atoms with E-state index in [-0.39, 0.29) is 12.2 Å². The lowest BCUT2D eigenvalue weighted by Gasteiger charge is -2.22. The molecule has 1 aromatic carbocycles. The topological polar surface area (TPSA) is 49.3 Å². The summed E-state index contributed by atoms with van der Waals surface area (Å²) in [5, 5.41) is 11.4. The van der Waals surface area contributed by atoms with Gasteiger partial charge >= 0.3 is 12.1 Å². The molecule has 0 heterocycles. The van der Waals surface area contributed by atoms with Crippen LogP contribution in [0.5, 0.6) is 0 Å². The second kappa shape index (κ2) is 4.88. The summed E-state index contributed by atoms with van der Waals surface area (Å²) in [5.41, 5.74) is -2.05. The normalized spacial score (nSPS) is 12.3. The van der Waals surface area contributed by atoms with Gasteiger partial charge < -0.3 is 10.4 Å². The van der Waals surface area contributed by atoms with Gasteiger partial charge in [-0.3, -0.25) is 4.79 Å². The van der Waals surface area contributed by atoms with Gasteiger partial charge in [-0.1, -0.05) is 12.1 Å². The standard InChI is InChI=1S/C12H14F3NO2/c1-11(2,10(17)18)7-16-9-6-4-3-5-8(9)12(13,14)15/h3-6,16H,7H2,1-2H3,(H,17,18). The quantitative estimate of drug-likeness (QED) is 0.874. The van der Waals surface area contributed by atoms with E-state index in [4.69, 9.17) is 5.11 Å². The Labute approximate surface area is 103 Å². The third kappa shape index (κ3) is 3.38. The average Bonchev–Trinajstić information content (AvgIpc) is 2.25. The fourth-order valence-corrected chi connectivity index (χ4v) is 1.28. The minimum Gasteiger partial charge on any atom is -0.481 e. The molecule has 3 nitrogen and oxygen atoms in total. The van der Waals surface area contributed by atoms with E-state index in [0.29, 0.717) is 0 Å². The first-order chi connectivity index (χ1) is 8.14. The fourth-order valence-electron chi connectivity index (χ4n) is 1.28. The van der Waals surface area contributed by atoms with Crippen molar-refractivity contribution in [2.24, 2.45) is 5.41 Å². The van der Waals surface area contributed by atoms with Gasteiger partial charge in [0, 0.05) is 12.2 Å². The number of alkyl halides is 3. The summed E-state index contributed by atoms with van der Waals surface area (Å²) in [7, 11) is 0. The van der Waals surface area contributed by atoms with E-state index in [1.54, 1.807) is 0 Å². The van der Waals surface area contributed by atoms with Crippen LogP contribution in [0.1, 0.15) is 19.4 Å². The molecule has 0 aromatic heterocycles. The molecule has 100 valence electrons. The first kappa shape index (κ1) is 14.3. The molecule has 0 saturated heterocycles. The average molecular weight is 261 g/mol. The number of aliphatic carboxylic acids is 1. The molecule has 0 saturated carbocycles. The van der Waals surface area contributed by atoms with Crippen molar-refractivity contribution >= 4 is 11.7 Å². The number of rotatable bonds is 4. The highest BCUT2D eigenvalue weighted by atomic mass is 19.4. The molecule has 0 atom stereocenters. The van der Waals surface area contributed by atoms with E-state index in [2.05, 4.69) is 5.32 Å². The first-order valence-electron chi connectivity index (χ1n) is 5.28. The molecule has 0 aliphatic heterocycles. The third-order valence-electron chi connectivity index (χ3n) is 2.53. The van der Waals surface area contributed by atoms with Crippen molar-refractivity contribution in [3.8, 4) is 0 Å². The lowest BCUT2D eigenvalue weighted by molar-refractivity contribution is -0.146. The molecule has 18 heavy (non-hydrogen) atoms. The van der Waals surface area contributed by atoms with Gasteiger partial charge in [0.1, 0.15) is 0 Å². The molecule has 0 fully saturated rings. The Morgan fingerprint density at radius 2 is 1.83 bits per heavy atom. The van der Waals surface area contributed by atoms with Crippen LogP contribution >= 0.6 is 0 Å². The van der Waals surface area contributed by atoms with E-state index in [1.807, 2.05) is 0 Å². The molecule has 6 heteroatoms. The Morgan fingerprint density at radius 3 is 2.33 bits per heavy atom. The van der Waals surface area contributed by atoms with Crippen molar-refractivity contribution < 1.29 is 23.1 Å². The highest BCUT2D eigenvalue weighted by Gasteiger charge is 2.34. The van der Waals surface area contributed by atoms with E-state index in [0.717, 1.165) is 6.07 Å². The summed E-state index contributed by atoms with van der Waals surface area (Å²) >= 11 is 0. The highest BCUT2D eigenvalue weighted by molar-refractivity contribution is 5.74. The molecule has 0 spiro atoms. The number of carbonyl (C=O) groups is 1. The van der Waals surface area contributed by atoms with Crippen LogP contribution in [0.3, 0.4) is 0 Å². The van der Waals surface area contributed by atoms with Crippen LogP contribution in [0.2, 0.25) is 0 Å². The lowest BCUT2D eigenvalue weighted by atomic mass is 9.93. The van der Waals surface area contributed by atoms with Gasteiger partial charge in [-0.15, -0.1) is 0 Å².